The lowest BCUT2D eigenvalue weighted by molar-refractivity contribution is 1.16. The van der Waals surface area contributed by atoms with Crippen LogP contribution in [0.3, 0.4) is 0 Å². The fraction of sp³-hybridized carbons (Fsp3) is 0.167. The Kier molecular flexibility index (Phi) is 3.44. The number of nitrogens with zero attached hydrogens (tertiary/aromatic N) is 2. The SMILES string of the molecule is CNc1nc(Nc2ccc(C)cc2)ncc1Cl. The number of hydrogen-bond acceptors (Lipinski definition) is 4. The zero-order chi connectivity index (χ0) is 12.3. The molecule has 2 rings (SSSR count). The maximum absolute atomic E-state index is 5.90. The minimum Gasteiger partial charge on any atom is -0.372 e. The van der Waals surface area contributed by atoms with Crippen molar-refractivity contribution >= 4 is 29.1 Å². The molecule has 88 valence electrons. The molecule has 1 heterocycles. The van der Waals surface area contributed by atoms with Gasteiger partial charge in [-0.25, -0.2) is 4.98 Å². The van der Waals surface area contributed by atoms with E-state index in [1.807, 2.05) is 31.2 Å². The highest BCUT2D eigenvalue weighted by molar-refractivity contribution is 6.32. The Balaban J connectivity index is 2.21. The summed E-state index contributed by atoms with van der Waals surface area (Å²) in [6.45, 7) is 2.04. The summed E-state index contributed by atoms with van der Waals surface area (Å²) in [6, 6.07) is 8.01. The van der Waals surface area contributed by atoms with E-state index in [9.17, 15) is 0 Å². The molecule has 0 bridgehead atoms. The zero-order valence-corrected chi connectivity index (χ0v) is 10.4. The lowest BCUT2D eigenvalue weighted by Gasteiger charge is -2.07. The number of aromatic nitrogens is 2. The van der Waals surface area contributed by atoms with Gasteiger partial charge in [0.25, 0.3) is 0 Å². The Morgan fingerprint density at radius 1 is 1.18 bits per heavy atom. The number of aryl methyl sites for hydroxylation is 1. The summed E-state index contributed by atoms with van der Waals surface area (Å²) < 4.78 is 0. The highest BCUT2D eigenvalue weighted by Crippen LogP contribution is 2.20. The largest absolute Gasteiger partial charge is 0.372 e. The summed E-state index contributed by atoms with van der Waals surface area (Å²) in [5, 5.41) is 6.52. The van der Waals surface area contributed by atoms with E-state index >= 15 is 0 Å². The second-order valence-electron chi connectivity index (χ2n) is 3.63. The van der Waals surface area contributed by atoms with Crippen molar-refractivity contribution in [2.24, 2.45) is 0 Å². The van der Waals surface area contributed by atoms with Gasteiger partial charge in [-0.15, -0.1) is 0 Å². The first-order chi connectivity index (χ1) is 8.19. The monoisotopic (exact) mass is 248 g/mol. The summed E-state index contributed by atoms with van der Waals surface area (Å²) in [7, 11) is 1.77. The number of benzene rings is 1. The van der Waals surface area contributed by atoms with E-state index in [1.54, 1.807) is 13.2 Å². The fourth-order valence-corrected chi connectivity index (χ4v) is 1.55. The van der Waals surface area contributed by atoms with Crippen molar-refractivity contribution in [2.75, 3.05) is 17.7 Å². The third-order valence-electron chi connectivity index (χ3n) is 2.29. The molecule has 2 aromatic rings. The van der Waals surface area contributed by atoms with Crippen LogP contribution in [0.15, 0.2) is 30.5 Å². The van der Waals surface area contributed by atoms with Gasteiger partial charge in [-0.1, -0.05) is 29.3 Å². The predicted octanol–water partition coefficient (Wildman–Crippen LogP) is 3.22. The van der Waals surface area contributed by atoms with Crippen LogP contribution in [0.1, 0.15) is 5.56 Å². The third kappa shape index (κ3) is 2.85. The Labute approximate surface area is 105 Å². The van der Waals surface area contributed by atoms with Gasteiger partial charge < -0.3 is 10.6 Å². The molecular weight excluding hydrogens is 236 g/mol. The topological polar surface area (TPSA) is 49.8 Å². The van der Waals surface area contributed by atoms with Gasteiger partial charge in [-0.05, 0) is 19.1 Å². The molecule has 0 atom stereocenters. The molecule has 0 radical (unpaired) electrons. The molecule has 0 saturated heterocycles. The lowest BCUT2D eigenvalue weighted by atomic mass is 10.2. The zero-order valence-electron chi connectivity index (χ0n) is 9.66. The van der Waals surface area contributed by atoms with Crippen molar-refractivity contribution in [3.8, 4) is 0 Å². The highest BCUT2D eigenvalue weighted by atomic mass is 35.5. The van der Waals surface area contributed by atoms with Crippen LogP contribution in [0.5, 0.6) is 0 Å². The summed E-state index contributed by atoms with van der Waals surface area (Å²) in [4.78, 5) is 8.35. The van der Waals surface area contributed by atoms with E-state index in [0.29, 0.717) is 16.8 Å². The van der Waals surface area contributed by atoms with E-state index in [-0.39, 0.29) is 0 Å². The molecular formula is C12H13ClN4. The van der Waals surface area contributed by atoms with E-state index in [2.05, 4.69) is 20.6 Å². The number of hydrogen-bond donors (Lipinski definition) is 2. The van der Waals surface area contributed by atoms with Gasteiger partial charge in [0.05, 0.1) is 6.20 Å². The van der Waals surface area contributed by atoms with Gasteiger partial charge in [0, 0.05) is 12.7 Å². The Morgan fingerprint density at radius 3 is 2.53 bits per heavy atom. The van der Waals surface area contributed by atoms with Crippen molar-refractivity contribution < 1.29 is 0 Å². The van der Waals surface area contributed by atoms with Crippen LogP contribution >= 0.6 is 11.6 Å². The quantitative estimate of drug-likeness (QED) is 0.876. The second kappa shape index (κ2) is 5.01. The first kappa shape index (κ1) is 11.7. The molecule has 17 heavy (non-hydrogen) atoms. The molecule has 2 N–H and O–H groups in total. The minimum absolute atomic E-state index is 0.502. The van der Waals surface area contributed by atoms with Crippen LogP contribution in [-0.4, -0.2) is 17.0 Å². The van der Waals surface area contributed by atoms with Crippen LogP contribution in [-0.2, 0) is 0 Å². The molecule has 0 fully saturated rings. The second-order valence-corrected chi connectivity index (χ2v) is 4.04. The van der Waals surface area contributed by atoms with E-state index < -0.39 is 0 Å². The average Bonchev–Trinajstić information content (AvgIpc) is 2.34. The Bertz CT molecular complexity index is 510. The molecule has 0 aliphatic rings. The van der Waals surface area contributed by atoms with Crippen LogP contribution < -0.4 is 10.6 Å². The maximum Gasteiger partial charge on any atom is 0.229 e. The predicted molar refractivity (Wildman–Crippen MR) is 71.1 cm³/mol. The molecule has 1 aromatic heterocycles. The number of halogens is 1. The molecule has 1 aromatic carbocycles. The molecule has 0 unspecified atom stereocenters. The minimum atomic E-state index is 0.502. The summed E-state index contributed by atoms with van der Waals surface area (Å²) in [5.41, 5.74) is 2.16. The maximum atomic E-state index is 5.90. The van der Waals surface area contributed by atoms with Gasteiger partial charge in [-0.3, -0.25) is 0 Å². The summed E-state index contributed by atoms with van der Waals surface area (Å²) in [5.74, 6) is 1.12. The third-order valence-corrected chi connectivity index (χ3v) is 2.57. The van der Waals surface area contributed by atoms with E-state index in [4.69, 9.17) is 11.6 Å². The average molecular weight is 249 g/mol. The number of nitrogens with one attached hydrogen (secondary N) is 2. The Hall–Kier alpha value is -1.81. The first-order valence-electron chi connectivity index (χ1n) is 5.23. The van der Waals surface area contributed by atoms with Crippen LogP contribution in [0.25, 0.3) is 0 Å². The van der Waals surface area contributed by atoms with E-state index in [0.717, 1.165) is 5.69 Å². The van der Waals surface area contributed by atoms with Crippen LogP contribution in [0, 0.1) is 6.92 Å². The molecule has 0 saturated carbocycles. The normalized spacial score (nSPS) is 10.1. The number of rotatable bonds is 3. The van der Waals surface area contributed by atoms with Crippen molar-refractivity contribution in [3.63, 3.8) is 0 Å². The van der Waals surface area contributed by atoms with Gasteiger partial charge in [0.1, 0.15) is 10.8 Å². The summed E-state index contributed by atoms with van der Waals surface area (Å²) >= 11 is 5.90. The van der Waals surface area contributed by atoms with Crippen molar-refractivity contribution in [1.82, 2.24) is 9.97 Å². The smallest absolute Gasteiger partial charge is 0.229 e. The van der Waals surface area contributed by atoms with Crippen LogP contribution in [0.4, 0.5) is 17.5 Å². The van der Waals surface area contributed by atoms with Crippen molar-refractivity contribution in [2.45, 2.75) is 6.92 Å². The molecule has 0 aliphatic heterocycles. The van der Waals surface area contributed by atoms with E-state index in [1.165, 1.54) is 5.56 Å². The molecule has 0 amide bonds. The number of anilines is 3. The first-order valence-corrected chi connectivity index (χ1v) is 5.61. The highest BCUT2D eigenvalue weighted by Gasteiger charge is 2.03. The summed E-state index contributed by atoms with van der Waals surface area (Å²) in [6.07, 6.45) is 1.57. The standard InChI is InChI=1S/C12H13ClN4/c1-8-3-5-9(6-4-8)16-12-15-7-10(13)11(14-2)17-12/h3-7H,1-2H3,(H2,14,15,16,17). The molecule has 0 spiro atoms. The van der Waals surface area contributed by atoms with Gasteiger partial charge in [0.15, 0.2) is 0 Å². The molecule has 5 heteroatoms. The lowest BCUT2D eigenvalue weighted by Crippen LogP contribution is -2.01. The fourth-order valence-electron chi connectivity index (χ4n) is 1.37. The van der Waals surface area contributed by atoms with Gasteiger partial charge in [0.2, 0.25) is 5.95 Å². The Morgan fingerprint density at radius 2 is 1.88 bits per heavy atom. The van der Waals surface area contributed by atoms with Crippen molar-refractivity contribution in [1.29, 1.82) is 0 Å². The van der Waals surface area contributed by atoms with Gasteiger partial charge in [-0.2, -0.15) is 4.98 Å². The van der Waals surface area contributed by atoms with Gasteiger partial charge >= 0.3 is 0 Å². The molecule has 4 nitrogen and oxygen atoms in total. The molecule has 0 aliphatic carbocycles. The van der Waals surface area contributed by atoms with Crippen molar-refractivity contribution in [3.05, 3.63) is 41.0 Å². The van der Waals surface area contributed by atoms with Crippen LogP contribution in [0.2, 0.25) is 5.02 Å².